The van der Waals surface area contributed by atoms with Gasteiger partial charge >= 0.3 is 6.09 Å². The summed E-state index contributed by atoms with van der Waals surface area (Å²) in [6, 6.07) is 0. The Morgan fingerprint density at radius 2 is 2.00 bits per heavy atom. The minimum Gasteiger partial charge on any atom is -0.444 e. The van der Waals surface area contributed by atoms with Crippen LogP contribution in [0.5, 0.6) is 0 Å². The Balaban J connectivity index is 1.55. The zero-order chi connectivity index (χ0) is 16.0. The van der Waals surface area contributed by atoms with Gasteiger partial charge in [0.05, 0.1) is 0 Å². The third kappa shape index (κ3) is 6.34. The van der Waals surface area contributed by atoms with Gasteiger partial charge in [-0.2, -0.15) is 11.8 Å². The number of carbonyl (C=O) groups is 1. The van der Waals surface area contributed by atoms with Crippen molar-refractivity contribution in [2.24, 2.45) is 5.92 Å². The molecule has 0 saturated carbocycles. The lowest BCUT2D eigenvalue weighted by Crippen LogP contribution is -2.51. The summed E-state index contributed by atoms with van der Waals surface area (Å²) in [6.45, 7) is 12.4. The molecule has 2 heterocycles. The van der Waals surface area contributed by atoms with Gasteiger partial charge < -0.3 is 15.0 Å². The first-order valence-electron chi connectivity index (χ1n) is 8.43. The third-order valence-corrected chi connectivity index (χ3v) is 5.32. The smallest absolute Gasteiger partial charge is 0.410 e. The highest BCUT2D eigenvalue weighted by Gasteiger charge is 2.25. The molecular weight excluding hydrogens is 298 g/mol. The molecule has 0 aromatic carbocycles. The molecule has 0 radical (unpaired) electrons. The molecule has 1 unspecified atom stereocenters. The standard InChI is InChI=1S/C16H31N3O2S/c1-16(2,3)21-15(20)19-9-7-18(8-10-19)6-5-17-12-14-4-11-22-13-14/h14,17H,4-13H2,1-3H3. The lowest BCUT2D eigenvalue weighted by atomic mass is 10.1. The van der Waals surface area contributed by atoms with Gasteiger partial charge in [0, 0.05) is 39.3 Å². The van der Waals surface area contributed by atoms with Crippen LogP contribution >= 0.6 is 11.8 Å². The maximum absolute atomic E-state index is 12.0. The number of rotatable bonds is 5. The van der Waals surface area contributed by atoms with Crippen molar-refractivity contribution in [2.75, 3.05) is 57.3 Å². The molecule has 2 aliphatic heterocycles. The molecule has 2 rings (SSSR count). The molecule has 0 spiro atoms. The van der Waals surface area contributed by atoms with E-state index in [1.807, 2.05) is 25.7 Å². The molecule has 128 valence electrons. The fourth-order valence-corrected chi connectivity index (χ4v) is 4.05. The number of nitrogens with one attached hydrogen (secondary N) is 1. The number of ether oxygens (including phenoxy) is 1. The largest absolute Gasteiger partial charge is 0.444 e. The molecule has 2 fully saturated rings. The van der Waals surface area contributed by atoms with E-state index in [0.717, 1.165) is 51.7 Å². The maximum atomic E-state index is 12.0. The first-order valence-corrected chi connectivity index (χ1v) is 9.58. The van der Waals surface area contributed by atoms with Crippen LogP contribution in [0.1, 0.15) is 27.2 Å². The van der Waals surface area contributed by atoms with Crippen LogP contribution in [0.3, 0.4) is 0 Å². The number of hydrogen-bond donors (Lipinski definition) is 1. The van der Waals surface area contributed by atoms with Gasteiger partial charge in [-0.3, -0.25) is 4.90 Å². The van der Waals surface area contributed by atoms with E-state index in [-0.39, 0.29) is 6.09 Å². The minimum absolute atomic E-state index is 0.177. The van der Waals surface area contributed by atoms with Crippen molar-refractivity contribution in [2.45, 2.75) is 32.8 Å². The van der Waals surface area contributed by atoms with Crippen LogP contribution in [0.2, 0.25) is 0 Å². The quantitative estimate of drug-likeness (QED) is 0.780. The molecule has 0 aromatic heterocycles. The average Bonchev–Trinajstić information content (AvgIpc) is 2.95. The number of nitrogens with zero attached hydrogens (tertiary/aromatic N) is 2. The molecular formula is C16H31N3O2S. The number of carbonyl (C=O) groups excluding carboxylic acids is 1. The third-order valence-electron chi connectivity index (χ3n) is 4.09. The first-order chi connectivity index (χ1) is 10.4. The van der Waals surface area contributed by atoms with Crippen molar-refractivity contribution in [3.05, 3.63) is 0 Å². The number of piperazine rings is 1. The van der Waals surface area contributed by atoms with E-state index in [9.17, 15) is 4.79 Å². The minimum atomic E-state index is -0.406. The van der Waals surface area contributed by atoms with Crippen molar-refractivity contribution in [3.63, 3.8) is 0 Å². The lowest BCUT2D eigenvalue weighted by Gasteiger charge is -2.35. The molecule has 2 saturated heterocycles. The van der Waals surface area contributed by atoms with Crippen molar-refractivity contribution >= 4 is 17.9 Å². The number of hydrogen-bond acceptors (Lipinski definition) is 5. The summed E-state index contributed by atoms with van der Waals surface area (Å²) in [6.07, 6.45) is 1.19. The zero-order valence-electron chi connectivity index (χ0n) is 14.3. The van der Waals surface area contributed by atoms with Gasteiger partial charge in [-0.25, -0.2) is 4.79 Å². The van der Waals surface area contributed by atoms with E-state index in [4.69, 9.17) is 4.74 Å². The summed E-state index contributed by atoms with van der Waals surface area (Å²) in [5.74, 6) is 3.52. The highest BCUT2D eigenvalue weighted by Crippen LogP contribution is 2.22. The van der Waals surface area contributed by atoms with Crippen molar-refractivity contribution in [1.29, 1.82) is 0 Å². The summed E-state index contributed by atoms with van der Waals surface area (Å²) < 4.78 is 5.42. The molecule has 1 amide bonds. The Labute approximate surface area is 139 Å². The number of amides is 1. The van der Waals surface area contributed by atoms with E-state index < -0.39 is 5.60 Å². The molecule has 0 aliphatic carbocycles. The van der Waals surface area contributed by atoms with Gasteiger partial charge in [0.25, 0.3) is 0 Å². The van der Waals surface area contributed by atoms with Crippen LogP contribution in [0.4, 0.5) is 4.79 Å². The Morgan fingerprint density at radius 1 is 1.27 bits per heavy atom. The van der Waals surface area contributed by atoms with E-state index in [0.29, 0.717) is 0 Å². The number of thioether (sulfide) groups is 1. The normalized spacial score (nSPS) is 23.8. The fourth-order valence-electron chi connectivity index (χ4n) is 2.77. The van der Waals surface area contributed by atoms with Gasteiger partial charge in [0.15, 0.2) is 0 Å². The van der Waals surface area contributed by atoms with E-state index in [2.05, 4.69) is 22.0 Å². The second-order valence-corrected chi connectivity index (χ2v) is 8.39. The van der Waals surface area contributed by atoms with E-state index >= 15 is 0 Å². The molecule has 22 heavy (non-hydrogen) atoms. The van der Waals surface area contributed by atoms with Crippen LogP contribution in [-0.2, 0) is 4.74 Å². The molecule has 1 atom stereocenters. The van der Waals surface area contributed by atoms with Gasteiger partial charge in [-0.05, 0) is 51.2 Å². The summed E-state index contributed by atoms with van der Waals surface area (Å²) in [7, 11) is 0. The average molecular weight is 330 g/mol. The van der Waals surface area contributed by atoms with Crippen LogP contribution < -0.4 is 5.32 Å². The monoisotopic (exact) mass is 329 g/mol. The summed E-state index contributed by atoms with van der Waals surface area (Å²) in [4.78, 5) is 16.3. The predicted octanol–water partition coefficient (Wildman–Crippen LogP) is 1.88. The summed E-state index contributed by atoms with van der Waals surface area (Å²) in [5.41, 5.74) is -0.406. The van der Waals surface area contributed by atoms with Crippen LogP contribution in [0, 0.1) is 5.92 Å². The molecule has 5 nitrogen and oxygen atoms in total. The highest BCUT2D eigenvalue weighted by atomic mass is 32.2. The van der Waals surface area contributed by atoms with E-state index in [1.54, 1.807) is 0 Å². The van der Waals surface area contributed by atoms with E-state index in [1.165, 1.54) is 17.9 Å². The van der Waals surface area contributed by atoms with Crippen molar-refractivity contribution in [3.8, 4) is 0 Å². The van der Waals surface area contributed by atoms with Crippen LogP contribution in [0.15, 0.2) is 0 Å². The predicted molar refractivity (Wildman–Crippen MR) is 92.5 cm³/mol. The van der Waals surface area contributed by atoms with Crippen molar-refractivity contribution < 1.29 is 9.53 Å². The second-order valence-electron chi connectivity index (χ2n) is 7.24. The second kappa shape index (κ2) is 8.41. The summed E-state index contributed by atoms with van der Waals surface area (Å²) >= 11 is 2.08. The molecule has 1 N–H and O–H groups in total. The van der Waals surface area contributed by atoms with Crippen molar-refractivity contribution in [1.82, 2.24) is 15.1 Å². The van der Waals surface area contributed by atoms with Gasteiger partial charge in [0.1, 0.15) is 5.60 Å². The Kier molecular flexibility index (Phi) is 6.84. The zero-order valence-corrected chi connectivity index (χ0v) is 15.1. The van der Waals surface area contributed by atoms with Crippen LogP contribution in [-0.4, -0.2) is 78.8 Å². The topological polar surface area (TPSA) is 44.8 Å². The Bertz CT molecular complexity index is 346. The van der Waals surface area contributed by atoms with Crippen LogP contribution in [0.25, 0.3) is 0 Å². The molecule has 0 aromatic rings. The molecule has 0 bridgehead atoms. The molecule has 6 heteroatoms. The van der Waals surface area contributed by atoms with Gasteiger partial charge in [-0.15, -0.1) is 0 Å². The lowest BCUT2D eigenvalue weighted by molar-refractivity contribution is 0.0146. The SMILES string of the molecule is CC(C)(C)OC(=O)N1CCN(CCNCC2CCSC2)CC1. The van der Waals surface area contributed by atoms with Gasteiger partial charge in [-0.1, -0.05) is 0 Å². The first kappa shape index (κ1) is 17.9. The Morgan fingerprint density at radius 3 is 2.59 bits per heavy atom. The van der Waals surface area contributed by atoms with Gasteiger partial charge in [0.2, 0.25) is 0 Å². The summed E-state index contributed by atoms with van der Waals surface area (Å²) in [5, 5.41) is 3.58. The Hall–Kier alpha value is -0.460. The molecule has 2 aliphatic rings. The highest BCUT2D eigenvalue weighted by molar-refractivity contribution is 7.99. The maximum Gasteiger partial charge on any atom is 0.410 e. The fraction of sp³-hybridized carbons (Fsp3) is 0.938.